The molecule has 0 aliphatic heterocycles. The van der Waals surface area contributed by atoms with E-state index in [4.69, 9.17) is 11.1 Å². The normalized spacial score (nSPS) is 11.1. The van der Waals surface area contributed by atoms with Crippen molar-refractivity contribution in [3.05, 3.63) is 97.1 Å². The number of halogens is 1. The second-order valence-electron chi connectivity index (χ2n) is 5.22. The van der Waals surface area contributed by atoms with Gasteiger partial charge in [0.15, 0.2) is 0 Å². The maximum atomic E-state index is 7.32. The van der Waals surface area contributed by atoms with Gasteiger partial charge in [-0.1, -0.05) is 97.6 Å². The van der Waals surface area contributed by atoms with Gasteiger partial charge in [0.1, 0.15) is 0 Å². The predicted octanol–water partition coefficient (Wildman–Crippen LogP) is 3.54. The van der Waals surface area contributed by atoms with Gasteiger partial charge < -0.3 is 0 Å². The Morgan fingerprint density at radius 3 is 1.45 bits per heavy atom. The first-order chi connectivity index (χ1) is 10.7. The zero-order valence-electron chi connectivity index (χ0n) is 12.2. The van der Waals surface area contributed by atoms with Crippen molar-refractivity contribution < 1.29 is 0 Å². The van der Waals surface area contributed by atoms with Crippen LogP contribution >= 0.6 is 11.1 Å². The van der Waals surface area contributed by atoms with E-state index in [1.165, 1.54) is 15.6 Å². The van der Waals surface area contributed by atoms with Crippen molar-refractivity contribution >= 4 is 40.1 Å². The average molecular weight is 321 g/mol. The molecule has 3 aromatic carbocycles. The highest BCUT2D eigenvalue weighted by atomic mass is 35.6. The molecule has 0 spiro atoms. The van der Waals surface area contributed by atoms with Crippen LogP contribution < -0.4 is 15.6 Å². The van der Waals surface area contributed by atoms with Crippen LogP contribution in [0.5, 0.6) is 0 Å². The van der Waals surface area contributed by atoms with E-state index in [2.05, 4.69) is 79.4 Å². The van der Waals surface area contributed by atoms with Crippen LogP contribution in [0.2, 0.25) is 0 Å². The molecule has 0 bridgehead atoms. The molecule has 0 saturated heterocycles. The Hall–Kier alpha value is -2.09. The minimum atomic E-state index is -2.48. The molecule has 0 amide bonds. The van der Waals surface area contributed by atoms with Crippen LogP contribution in [0, 0.1) is 0 Å². The molecule has 0 aromatic heterocycles. The summed E-state index contributed by atoms with van der Waals surface area (Å²) in [6.07, 6.45) is 1.85. The van der Waals surface area contributed by atoms with Gasteiger partial charge in [-0.05, 0) is 21.1 Å². The quantitative estimate of drug-likeness (QED) is 0.392. The Bertz CT molecular complexity index is 709. The van der Waals surface area contributed by atoms with Gasteiger partial charge in [-0.25, -0.2) is 0 Å². The topological polar surface area (TPSA) is 0 Å². The van der Waals surface area contributed by atoms with Gasteiger partial charge >= 0.3 is 0 Å². The molecule has 0 unspecified atom stereocenters. The highest BCUT2D eigenvalue weighted by Gasteiger charge is 2.37. The van der Waals surface area contributed by atoms with E-state index >= 15 is 0 Å². The summed E-state index contributed by atoms with van der Waals surface area (Å²) in [5.41, 5.74) is 1.11. The molecule has 0 heterocycles. The van der Waals surface area contributed by atoms with Gasteiger partial charge in [-0.3, -0.25) is 0 Å². The summed E-state index contributed by atoms with van der Waals surface area (Å²) in [5.74, 6) is 0. The lowest BCUT2D eigenvalue weighted by atomic mass is 10.2. The smallest absolute Gasteiger partial charge is 0.149 e. The number of hydrogen-bond donors (Lipinski definition) is 0. The molecule has 0 radical (unpaired) electrons. The van der Waals surface area contributed by atoms with E-state index in [0.717, 1.165) is 5.56 Å². The molecule has 2 heteroatoms. The summed E-state index contributed by atoms with van der Waals surface area (Å²) in [4.78, 5) is 0. The van der Waals surface area contributed by atoms with Crippen LogP contribution in [0.4, 0.5) is 0 Å². The SMILES string of the molecule is C=Cc1ccc([Si](Cl)(c2ccccc2)c2ccccc2)cc1. The molecule has 0 fully saturated rings. The van der Waals surface area contributed by atoms with Crippen LogP contribution in [-0.4, -0.2) is 7.38 Å². The maximum absolute atomic E-state index is 7.32. The zero-order chi connectivity index (χ0) is 15.4. The number of benzene rings is 3. The Kier molecular flexibility index (Phi) is 4.28. The fourth-order valence-electron chi connectivity index (χ4n) is 2.68. The Morgan fingerprint density at radius 2 is 1.05 bits per heavy atom. The lowest BCUT2D eigenvalue weighted by Gasteiger charge is -2.26. The van der Waals surface area contributed by atoms with Gasteiger partial charge in [0.25, 0.3) is 0 Å². The standard InChI is InChI=1S/C20H17ClSi/c1-2-17-13-15-20(16-14-17)22(21,18-9-5-3-6-10-18)19-11-7-4-8-12-19/h2-16H,1H2. The molecule has 0 saturated carbocycles. The minimum absolute atomic E-state index is 1.11. The Balaban J connectivity index is 2.20. The zero-order valence-corrected chi connectivity index (χ0v) is 14.0. The van der Waals surface area contributed by atoms with E-state index in [9.17, 15) is 0 Å². The molecular weight excluding hydrogens is 304 g/mol. The lowest BCUT2D eigenvalue weighted by molar-refractivity contribution is 1.68. The van der Waals surface area contributed by atoms with Gasteiger partial charge in [-0.2, -0.15) is 0 Å². The summed E-state index contributed by atoms with van der Waals surface area (Å²) in [6.45, 7) is 3.82. The van der Waals surface area contributed by atoms with Crippen molar-refractivity contribution in [1.82, 2.24) is 0 Å². The molecule has 0 aliphatic rings. The Labute approximate surface area is 137 Å². The Morgan fingerprint density at radius 1 is 0.636 bits per heavy atom. The molecular formula is C20H17ClSi. The number of hydrogen-bond acceptors (Lipinski definition) is 0. The van der Waals surface area contributed by atoms with Gasteiger partial charge in [0.05, 0.1) is 0 Å². The van der Waals surface area contributed by atoms with Crippen molar-refractivity contribution in [3.63, 3.8) is 0 Å². The second-order valence-corrected chi connectivity index (χ2v) is 9.97. The summed E-state index contributed by atoms with van der Waals surface area (Å²) in [5, 5.41) is 3.60. The third kappa shape index (κ3) is 2.66. The predicted molar refractivity (Wildman–Crippen MR) is 99.9 cm³/mol. The molecule has 108 valence electrons. The molecule has 3 aromatic rings. The van der Waals surface area contributed by atoms with E-state index in [1.807, 2.05) is 18.2 Å². The third-order valence-corrected chi connectivity index (χ3v) is 9.24. The molecule has 3 rings (SSSR count). The summed E-state index contributed by atoms with van der Waals surface area (Å²) in [6, 6.07) is 29.2. The maximum Gasteiger partial charge on any atom is 0.247 e. The fourth-order valence-corrected chi connectivity index (χ4v) is 6.75. The molecule has 0 atom stereocenters. The van der Waals surface area contributed by atoms with E-state index < -0.39 is 7.38 Å². The monoisotopic (exact) mass is 320 g/mol. The van der Waals surface area contributed by atoms with Crippen LogP contribution in [0.3, 0.4) is 0 Å². The first-order valence-corrected chi connectivity index (χ1v) is 10.3. The highest BCUT2D eigenvalue weighted by Crippen LogP contribution is 2.12. The summed E-state index contributed by atoms with van der Waals surface area (Å²) >= 11 is 7.32. The molecule has 0 aliphatic carbocycles. The van der Waals surface area contributed by atoms with Crippen molar-refractivity contribution in [3.8, 4) is 0 Å². The van der Waals surface area contributed by atoms with E-state index in [1.54, 1.807) is 0 Å². The largest absolute Gasteiger partial charge is 0.247 e. The molecule has 0 nitrogen and oxygen atoms in total. The van der Waals surface area contributed by atoms with Crippen LogP contribution in [0.1, 0.15) is 5.56 Å². The van der Waals surface area contributed by atoms with Crippen molar-refractivity contribution in [2.45, 2.75) is 0 Å². The van der Waals surface area contributed by atoms with Crippen molar-refractivity contribution in [1.29, 1.82) is 0 Å². The van der Waals surface area contributed by atoms with Crippen LogP contribution in [0.25, 0.3) is 6.08 Å². The van der Waals surface area contributed by atoms with Crippen molar-refractivity contribution in [2.75, 3.05) is 0 Å². The summed E-state index contributed by atoms with van der Waals surface area (Å²) < 4.78 is 0. The second kappa shape index (κ2) is 6.35. The first kappa shape index (κ1) is 14.8. The lowest BCUT2D eigenvalue weighted by Crippen LogP contribution is -2.62. The highest BCUT2D eigenvalue weighted by molar-refractivity contribution is 7.40. The average Bonchev–Trinajstić information content (AvgIpc) is 2.62. The number of rotatable bonds is 4. The fraction of sp³-hybridized carbons (Fsp3) is 0. The molecule has 22 heavy (non-hydrogen) atoms. The summed E-state index contributed by atoms with van der Waals surface area (Å²) in [7, 11) is -2.48. The molecule has 0 N–H and O–H groups in total. The van der Waals surface area contributed by atoms with E-state index in [0.29, 0.717) is 0 Å². The van der Waals surface area contributed by atoms with Crippen molar-refractivity contribution in [2.24, 2.45) is 0 Å². The van der Waals surface area contributed by atoms with E-state index in [-0.39, 0.29) is 0 Å². The first-order valence-electron chi connectivity index (χ1n) is 7.28. The van der Waals surface area contributed by atoms with Gasteiger partial charge in [0, 0.05) is 0 Å². The van der Waals surface area contributed by atoms with Crippen LogP contribution in [-0.2, 0) is 0 Å². The van der Waals surface area contributed by atoms with Crippen LogP contribution in [0.15, 0.2) is 91.5 Å². The third-order valence-electron chi connectivity index (χ3n) is 3.89. The van der Waals surface area contributed by atoms with Gasteiger partial charge in [0.2, 0.25) is 7.38 Å². The van der Waals surface area contributed by atoms with Gasteiger partial charge in [-0.15, -0.1) is 11.1 Å². The minimum Gasteiger partial charge on any atom is -0.149 e.